The van der Waals surface area contributed by atoms with Crippen molar-refractivity contribution in [1.29, 1.82) is 0 Å². The van der Waals surface area contributed by atoms with Crippen LogP contribution in [0.25, 0.3) is 0 Å². The number of esters is 1. The first-order valence-corrected chi connectivity index (χ1v) is 8.41. The van der Waals surface area contributed by atoms with Crippen LogP contribution in [0.5, 0.6) is 0 Å². The van der Waals surface area contributed by atoms with Crippen molar-refractivity contribution in [2.24, 2.45) is 5.92 Å². The Morgan fingerprint density at radius 1 is 1.25 bits per heavy atom. The quantitative estimate of drug-likeness (QED) is 0.783. The second kappa shape index (κ2) is 7.92. The van der Waals surface area contributed by atoms with E-state index < -0.39 is 0 Å². The Kier molecular flexibility index (Phi) is 5.92. The summed E-state index contributed by atoms with van der Waals surface area (Å²) < 4.78 is 4.72. The third kappa shape index (κ3) is 4.55. The summed E-state index contributed by atoms with van der Waals surface area (Å²) in [5.41, 5.74) is 2.47. The third-order valence-electron chi connectivity index (χ3n) is 3.36. The van der Waals surface area contributed by atoms with E-state index in [0.29, 0.717) is 22.2 Å². The molecule has 2 aromatic rings. The van der Waals surface area contributed by atoms with Gasteiger partial charge >= 0.3 is 5.97 Å². The predicted octanol–water partition coefficient (Wildman–Crippen LogP) is 3.44. The van der Waals surface area contributed by atoms with E-state index in [1.54, 1.807) is 6.92 Å². The van der Waals surface area contributed by atoms with Crippen molar-refractivity contribution in [1.82, 2.24) is 4.98 Å². The zero-order chi connectivity index (χ0) is 17.7. The van der Waals surface area contributed by atoms with Gasteiger partial charge in [-0.2, -0.15) is 0 Å². The van der Waals surface area contributed by atoms with Gasteiger partial charge in [-0.1, -0.05) is 37.3 Å². The van der Waals surface area contributed by atoms with Crippen molar-refractivity contribution >= 4 is 34.0 Å². The average molecular weight is 347 g/mol. The third-order valence-corrected chi connectivity index (χ3v) is 4.45. The van der Waals surface area contributed by atoms with Crippen LogP contribution in [0.15, 0.2) is 24.3 Å². The Morgan fingerprint density at radius 3 is 2.50 bits per heavy atom. The van der Waals surface area contributed by atoms with E-state index in [2.05, 4.69) is 15.6 Å². The highest BCUT2D eigenvalue weighted by Gasteiger charge is 2.15. The number of anilines is 2. The molecule has 0 aliphatic heterocycles. The highest BCUT2D eigenvalue weighted by Crippen LogP contribution is 2.24. The van der Waals surface area contributed by atoms with Gasteiger partial charge in [0.05, 0.1) is 12.8 Å². The SMILES string of the molecule is COC(=O)c1sc(NCc2ccc(NC(=O)C(C)C)cc2)nc1C. The normalized spacial score (nSPS) is 10.5. The van der Waals surface area contributed by atoms with Crippen molar-refractivity contribution in [3.8, 4) is 0 Å². The molecular weight excluding hydrogens is 326 g/mol. The van der Waals surface area contributed by atoms with E-state index >= 15 is 0 Å². The van der Waals surface area contributed by atoms with Crippen molar-refractivity contribution in [2.45, 2.75) is 27.3 Å². The van der Waals surface area contributed by atoms with Gasteiger partial charge in [0.15, 0.2) is 5.13 Å². The maximum absolute atomic E-state index is 11.7. The van der Waals surface area contributed by atoms with Gasteiger partial charge in [-0.15, -0.1) is 0 Å². The molecule has 7 heteroatoms. The average Bonchev–Trinajstić information content (AvgIpc) is 2.94. The van der Waals surface area contributed by atoms with E-state index in [0.717, 1.165) is 11.3 Å². The molecule has 0 aliphatic rings. The number of carbonyl (C=O) groups is 2. The molecule has 2 N–H and O–H groups in total. The molecule has 0 spiro atoms. The smallest absolute Gasteiger partial charge is 0.350 e. The number of rotatable bonds is 6. The largest absolute Gasteiger partial charge is 0.465 e. The van der Waals surface area contributed by atoms with Gasteiger partial charge in [0.1, 0.15) is 4.88 Å². The minimum atomic E-state index is -0.372. The first-order chi connectivity index (χ1) is 11.4. The van der Waals surface area contributed by atoms with Gasteiger partial charge < -0.3 is 15.4 Å². The van der Waals surface area contributed by atoms with Crippen LogP contribution in [0.3, 0.4) is 0 Å². The molecule has 1 aromatic carbocycles. The summed E-state index contributed by atoms with van der Waals surface area (Å²) in [5, 5.41) is 6.71. The fraction of sp³-hybridized carbons (Fsp3) is 0.353. The monoisotopic (exact) mass is 347 g/mol. The molecule has 24 heavy (non-hydrogen) atoms. The van der Waals surface area contributed by atoms with Gasteiger partial charge in [-0.3, -0.25) is 4.79 Å². The second-order valence-electron chi connectivity index (χ2n) is 5.62. The van der Waals surface area contributed by atoms with E-state index in [4.69, 9.17) is 4.74 Å². The molecular formula is C17H21N3O3S. The van der Waals surface area contributed by atoms with E-state index in [9.17, 15) is 9.59 Å². The van der Waals surface area contributed by atoms with Crippen LogP contribution in [0.1, 0.15) is 34.8 Å². The topological polar surface area (TPSA) is 80.3 Å². The number of thiazole rings is 1. The summed E-state index contributed by atoms with van der Waals surface area (Å²) in [6.07, 6.45) is 0. The van der Waals surface area contributed by atoms with Crippen LogP contribution < -0.4 is 10.6 Å². The highest BCUT2D eigenvalue weighted by molar-refractivity contribution is 7.17. The van der Waals surface area contributed by atoms with Crippen LogP contribution in [0.4, 0.5) is 10.8 Å². The number of aryl methyl sites for hydroxylation is 1. The van der Waals surface area contributed by atoms with Crippen molar-refractivity contribution < 1.29 is 14.3 Å². The van der Waals surface area contributed by atoms with Crippen LogP contribution in [0.2, 0.25) is 0 Å². The predicted molar refractivity (Wildman–Crippen MR) is 95.4 cm³/mol. The molecule has 128 valence electrons. The lowest BCUT2D eigenvalue weighted by molar-refractivity contribution is -0.118. The minimum absolute atomic E-state index is 0.00512. The molecule has 1 heterocycles. The van der Waals surface area contributed by atoms with Gasteiger partial charge in [0.25, 0.3) is 0 Å². The van der Waals surface area contributed by atoms with Crippen LogP contribution in [-0.2, 0) is 16.1 Å². The molecule has 0 aliphatic carbocycles. The standard InChI is InChI=1S/C17H21N3O3S/c1-10(2)15(21)20-13-7-5-12(6-8-13)9-18-17-19-11(3)14(24-17)16(22)23-4/h5-8,10H,9H2,1-4H3,(H,18,19)(H,20,21). The molecule has 2 rings (SSSR count). The van der Waals surface area contributed by atoms with Gasteiger partial charge in [-0.05, 0) is 24.6 Å². The fourth-order valence-electron chi connectivity index (χ4n) is 1.92. The van der Waals surface area contributed by atoms with Gasteiger partial charge in [0.2, 0.25) is 5.91 Å². The molecule has 6 nitrogen and oxygen atoms in total. The molecule has 0 bridgehead atoms. The number of hydrogen-bond acceptors (Lipinski definition) is 6. The molecule has 1 aromatic heterocycles. The summed E-state index contributed by atoms with van der Waals surface area (Å²) >= 11 is 1.27. The highest BCUT2D eigenvalue weighted by atomic mass is 32.1. The van der Waals surface area contributed by atoms with Gasteiger partial charge in [-0.25, -0.2) is 9.78 Å². The maximum atomic E-state index is 11.7. The Hall–Kier alpha value is -2.41. The number of hydrogen-bond donors (Lipinski definition) is 2. The first-order valence-electron chi connectivity index (χ1n) is 7.60. The van der Waals surface area contributed by atoms with E-state index in [1.165, 1.54) is 18.4 Å². The number of amides is 1. The lowest BCUT2D eigenvalue weighted by Crippen LogP contribution is -2.17. The number of methoxy groups -OCH3 is 1. The molecule has 0 unspecified atom stereocenters. The fourth-order valence-corrected chi connectivity index (χ4v) is 2.80. The lowest BCUT2D eigenvalue weighted by Gasteiger charge is -2.08. The van der Waals surface area contributed by atoms with Crippen LogP contribution in [0, 0.1) is 12.8 Å². The summed E-state index contributed by atoms with van der Waals surface area (Å²) in [5.74, 6) is -0.429. The Morgan fingerprint density at radius 2 is 1.92 bits per heavy atom. The number of nitrogens with zero attached hydrogens (tertiary/aromatic N) is 1. The second-order valence-corrected chi connectivity index (χ2v) is 6.62. The number of ether oxygens (including phenoxy) is 1. The van der Waals surface area contributed by atoms with Crippen molar-refractivity contribution in [2.75, 3.05) is 17.7 Å². The Labute approximate surface area is 145 Å². The summed E-state index contributed by atoms with van der Waals surface area (Å²) in [6, 6.07) is 7.60. The van der Waals surface area contributed by atoms with E-state index in [1.807, 2.05) is 38.1 Å². The maximum Gasteiger partial charge on any atom is 0.350 e. The first kappa shape index (κ1) is 17.9. The molecule has 1 amide bonds. The molecule has 0 saturated heterocycles. The molecule has 0 atom stereocenters. The number of nitrogens with one attached hydrogen (secondary N) is 2. The number of benzene rings is 1. The number of carbonyl (C=O) groups excluding carboxylic acids is 2. The summed E-state index contributed by atoms with van der Waals surface area (Å²) in [7, 11) is 1.36. The zero-order valence-electron chi connectivity index (χ0n) is 14.2. The minimum Gasteiger partial charge on any atom is -0.465 e. The Bertz CT molecular complexity index is 723. The lowest BCUT2D eigenvalue weighted by atomic mass is 10.1. The van der Waals surface area contributed by atoms with Gasteiger partial charge in [0, 0.05) is 18.2 Å². The molecule has 0 radical (unpaired) electrons. The zero-order valence-corrected chi connectivity index (χ0v) is 15.0. The molecule has 0 saturated carbocycles. The summed E-state index contributed by atoms with van der Waals surface area (Å²) in [6.45, 7) is 6.06. The van der Waals surface area contributed by atoms with Crippen molar-refractivity contribution in [3.05, 3.63) is 40.4 Å². The van der Waals surface area contributed by atoms with E-state index in [-0.39, 0.29) is 17.8 Å². The Balaban J connectivity index is 1.95. The summed E-state index contributed by atoms with van der Waals surface area (Å²) in [4.78, 5) is 28.1. The van der Waals surface area contributed by atoms with Crippen LogP contribution >= 0.6 is 11.3 Å². The molecule has 0 fully saturated rings. The van der Waals surface area contributed by atoms with Crippen LogP contribution in [-0.4, -0.2) is 24.0 Å². The number of aromatic nitrogens is 1. The van der Waals surface area contributed by atoms with Crippen molar-refractivity contribution in [3.63, 3.8) is 0 Å².